The van der Waals surface area contributed by atoms with Crippen LogP contribution < -0.4 is 15.4 Å². The third-order valence-corrected chi connectivity index (χ3v) is 2.99. The molecule has 0 saturated carbocycles. The summed E-state index contributed by atoms with van der Waals surface area (Å²) >= 11 is 5.18. The van der Waals surface area contributed by atoms with E-state index in [1.54, 1.807) is 7.11 Å². The molecule has 2 rings (SSSR count). The molecule has 0 aliphatic carbocycles. The molecule has 0 aromatic heterocycles. The molecule has 0 saturated heterocycles. The minimum absolute atomic E-state index is 0.123. The van der Waals surface area contributed by atoms with Crippen LogP contribution in [0.5, 0.6) is 5.75 Å². The predicted octanol–water partition coefficient (Wildman–Crippen LogP) is 2.85. The molecule has 0 spiro atoms. The van der Waals surface area contributed by atoms with E-state index >= 15 is 0 Å². The second-order valence-corrected chi connectivity index (χ2v) is 5.42. The molecule has 1 aromatic rings. The lowest BCUT2D eigenvalue weighted by Crippen LogP contribution is -2.51. The zero-order chi connectivity index (χ0) is 13.9. The van der Waals surface area contributed by atoms with E-state index in [0.717, 1.165) is 17.0 Å². The van der Waals surface area contributed by atoms with Crippen LogP contribution in [0.25, 0.3) is 6.08 Å². The SMILES string of the molecule is COc1ccc(/C=C/C2=CC(C)(C)NC(=S)N2)cc1. The quantitative estimate of drug-likeness (QED) is 0.830. The maximum Gasteiger partial charge on any atom is 0.171 e. The Morgan fingerprint density at radius 1 is 1.16 bits per heavy atom. The highest BCUT2D eigenvalue weighted by atomic mass is 32.1. The van der Waals surface area contributed by atoms with Gasteiger partial charge in [0, 0.05) is 5.70 Å². The molecule has 100 valence electrons. The number of hydrogen-bond acceptors (Lipinski definition) is 2. The van der Waals surface area contributed by atoms with Crippen molar-refractivity contribution in [3.8, 4) is 5.75 Å². The Kier molecular flexibility index (Phi) is 3.90. The third-order valence-electron chi connectivity index (χ3n) is 2.78. The first-order valence-electron chi connectivity index (χ1n) is 6.13. The Balaban J connectivity index is 2.13. The summed E-state index contributed by atoms with van der Waals surface area (Å²) in [6.07, 6.45) is 6.18. The topological polar surface area (TPSA) is 33.3 Å². The van der Waals surface area contributed by atoms with Crippen LogP contribution in [-0.4, -0.2) is 17.8 Å². The summed E-state index contributed by atoms with van der Waals surface area (Å²) < 4.78 is 5.13. The number of methoxy groups -OCH3 is 1. The number of thiocarbonyl (C=S) groups is 1. The van der Waals surface area contributed by atoms with E-state index in [4.69, 9.17) is 17.0 Å². The number of benzene rings is 1. The fraction of sp³-hybridized carbons (Fsp3) is 0.267. The number of allylic oxidation sites excluding steroid dienone is 1. The van der Waals surface area contributed by atoms with Crippen LogP contribution in [0.15, 0.2) is 42.1 Å². The van der Waals surface area contributed by atoms with Crippen LogP contribution in [0.3, 0.4) is 0 Å². The Labute approximate surface area is 119 Å². The average molecular weight is 274 g/mol. The molecule has 0 radical (unpaired) electrons. The molecular formula is C15H18N2OS. The van der Waals surface area contributed by atoms with Gasteiger partial charge in [-0.05, 0) is 55.9 Å². The lowest BCUT2D eigenvalue weighted by atomic mass is 10.0. The Morgan fingerprint density at radius 2 is 1.84 bits per heavy atom. The number of hydrogen-bond donors (Lipinski definition) is 2. The second kappa shape index (κ2) is 5.45. The van der Waals surface area contributed by atoms with Gasteiger partial charge in [-0.3, -0.25) is 0 Å². The highest BCUT2D eigenvalue weighted by Gasteiger charge is 2.20. The van der Waals surface area contributed by atoms with Crippen molar-refractivity contribution in [3.63, 3.8) is 0 Å². The van der Waals surface area contributed by atoms with Crippen molar-refractivity contribution in [1.29, 1.82) is 0 Å². The lowest BCUT2D eigenvalue weighted by Gasteiger charge is -2.30. The molecule has 4 heteroatoms. The van der Waals surface area contributed by atoms with Gasteiger partial charge in [0.15, 0.2) is 5.11 Å². The Hall–Kier alpha value is -1.81. The highest BCUT2D eigenvalue weighted by Crippen LogP contribution is 2.15. The first-order chi connectivity index (χ1) is 8.98. The summed E-state index contributed by atoms with van der Waals surface area (Å²) in [6, 6.07) is 7.91. The molecule has 19 heavy (non-hydrogen) atoms. The van der Waals surface area contributed by atoms with Gasteiger partial charge >= 0.3 is 0 Å². The van der Waals surface area contributed by atoms with Crippen molar-refractivity contribution in [2.45, 2.75) is 19.4 Å². The molecule has 0 unspecified atom stereocenters. The van der Waals surface area contributed by atoms with Crippen molar-refractivity contribution in [1.82, 2.24) is 10.6 Å². The summed E-state index contributed by atoms with van der Waals surface area (Å²) in [4.78, 5) is 0. The van der Waals surface area contributed by atoms with Crippen LogP contribution in [0.2, 0.25) is 0 Å². The van der Waals surface area contributed by atoms with Gasteiger partial charge in [0.1, 0.15) is 5.75 Å². The van der Waals surface area contributed by atoms with Gasteiger partial charge in [-0.2, -0.15) is 0 Å². The number of nitrogens with one attached hydrogen (secondary N) is 2. The van der Waals surface area contributed by atoms with Crippen molar-refractivity contribution < 1.29 is 4.74 Å². The van der Waals surface area contributed by atoms with Crippen LogP contribution in [0.1, 0.15) is 19.4 Å². The first kappa shape index (κ1) is 13.6. The summed E-state index contributed by atoms with van der Waals surface area (Å²) in [5.41, 5.74) is 2.00. The monoisotopic (exact) mass is 274 g/mol. The van der Waals surface area contributed by atoms with E-state index in [0.29, 0.717) is 5.11 Å². The first-order valence-corrected chi connectivity index (χ1v) is 6.53. The molecule has 1 aliphatic heterocycles. The minimum Gasteiger partial charge on any atom is -0.497 e. The minimum atomic E-state index is -0.123. The standard InChI is InChI=1S/C15H18N2OS/c1-15(2)10-12(16-14(19)17-15)7-4-11-5-8-13(18-3)9-6-11/h4-10H,1-3H3,(H2,16,17,19)/b7-4+. The van der Waals surface area contributed by atoms with Crippen LogP contribution in [-0.2, 0) is 0 Å². The molecule has 1 aliphatic rings. The summed E-state index contributed by atoms with van der Waals surface area (Å²) in [5, 5.41) is 6.98. The second-order valence-electron chi connectivity index (χ2n) is 5.01. The van der Waals surface area contributed by atoms with Gasteiger partial charge in [0.05, 0.1) is 12.6 Å². The Morgan fingerprint density at radius 3 is 2.42 bits per heavy atom. The molecular weight excluding hydrogens is 256 g/mol. The zero-order valence-electron chi connectivity index (χ0n) is 11.4. The van der Waals surface area contributed by atoms with E-state index < -0.39 is 0 Å². The van der Waals surface area contributed by atoms with Gasteiger partial charge in [-0.25, -0.2) is 0 Å². The highest BCUT2D eigenvalue weighted by molar-refractivity contribution is 7.80. The molecule has 3 nitrogen and oxygen atoms in total. The van der Waals surface area contributed by atoms with Crippen molar-refractivity contribution in [3.05, 3.63) is 47.7 Å². The molecule has 0 bridgehead atoms. The normalized spacial score (nSPS) is 17.6. The van der Waals surface area contributed by atoms with Crippen molar-refractivity contribution >= 4 is 23.4 Å². The number of ether oxygens (including phenoxy) is 1. The van der Waals surface area contributed by atoms with Gasteiger partial charge in [0.2, 0.25) is 0 Å². The lowest BCUT2D eigenvalue weighted by molar-refractivity contribution is 0.415. The van der Waals surface area contributed by atoms with E-state index in [1.165, 1.54) is 0 Å². The van der Waals surface area contributed by atoms with Crippen LogP contribution in [0, 0.1) is 0 Å². The fourth-order valence-corrected chi connectivity index (χ4v) is 2.29. The van der Waals surface area contributed by atoms with E-state index in [2.05, 4.69) is 30.6 Å². The average Bonchev–Trinajstić information content (AvgIpc) is 2.34. The zero-order valence-corrected chi connectivity index (χ0v) is 12.2. The summed E-state index contributed by atoms with van der Waals surface area (Å²) in [5.74, 6) is 0.860. The van der Waals surface area contributed by atoms with Crippen LogP contribution >= 0.6 is 12.2 Å². The van der Waals surface area contributed by atoms with E-state index in [1.807, 2.05) is 36.4 Å². The fourth-order valence-electron chi connectivity index (χ4n) is 1.91. The third kappa shape index (κ3) is 3.83. The van der Waals surface area contributed by atoms with Gasteiger partial charge in [-0.1, -0.05) is 18.2 Å². The molecule has 0 amide bonds. The summed E-state index contributed by atoms with van der Waals surface area (Å²) in [7, 11) is 1.66. The number of rotatable bonds is 3. The van der Waals surface area contributed by atoms with E-state index in [9.17, 15) is 0 Å². The van der Waals surface area contributed by atoms with Gasteiger partial charge < -0.3 is 15.4 Å². The molecule has 1 heterocycles. The Bertz CT molecular complexity index is 530. The van der Waals surface area contributed by atoms with Crippen LogP contribution in [0.4, 0.5) is 0 Å². The smallest absolute Gasteiger partial charge is 0.171 e. The van der Waals surface area contributed by atoms with E-state index in [-0.39, 0.29) is 5.54 Å². The summed E-state index contributed by atoms with van der Waals surface area (Å²) in [6.45, 7) is 4.17. The van der Waals surface area contributed by atoms with Crippen molar-refractivity contribution in [2.75, 3.05) is 7.11 Å². The molecule has 1 aromatic carbocycles. The molecule has 0 fully saturated rings. The largest absolute Gasteiger partial charge is 0.497 e. The van der Waals surface area contributed by atoms with Gasteiger partial charge in [-0.15, -0.1) is 0 Å². The maximum atomic E-state index is 5.18. The molecule has 2 N–H and O–H groups in total. The predicted molar refractivity (Wildman–Crippen MR) is 83.1 cm³/mol. The molecule has 0 atom stereocenters. The van der Waals surface area contributed by atoms with Crippen molar-refractivity contribution in [2.24, 2.45) is 0 Å². The maximum absolute atomic E-state index is 5.18. The van der Waals surface area contributed by atoms with Gasteiger partial charge in [0.25, 0.3) is 0 Å².